The van der Waals surface area contributed by atoms with Crippen LogP contribution in [0.2, 0.25) is 0 Å². The predicted octanol–water partition coefficient (Wildman–Crippen LogP) is 4.46. The first kappa shape index (κ1) is 16.4. The van der Waals surface area contributed by atoms with E-state index in [0.29, 0.717) is 12.1 Å². The molecule has 1 aliphatic carbocycles. The van der Waals surface area contributed by atoms with Gasteiger partial charge in [0, 0.05) is 19.2 Å². The summed E-state index contributed by atoms with van der Waals surface area (Å²) >= 11 is 0. The molecule has 1 fully saturated rings. The van der Waals surface area contributed by atoms with E-state index in [1.54, 1.807) is 19.2 Å². The Kier molecular flexibility index (Phi) is 5.39. The molecule has 118 valence electrons. The molecular weight excluding hydrogens is 265 g/mol. The Balaban J connectivity index is 2.06. The van der Waals surface area contributed by atoms with Crippen LogP contribution < -0.4 is 5.32 Å². The van der Waals surface area contributed by atoms with Crippen LogP contribution in [0.5, 0.6) is 0 Å². The van der Waals surface area contributed by atoms with Gasteiger partial charge >= 0.3 is 0 Å². The van der Waals surface area contributed by atoms with Gasteiger partial charge in [0.15, 0.2) is 0 Å². The molecule has 0 aromatic heterocycles. The van der Waals surface area contributed by atoms with Gasteiger partial charge in [0.1, 0.15) is 5.82 Å². The van der Waals surface area contributed by atoms with E-state index < -0.39 is 0 Å². The van der Waals surface area contributed by atoms with E-state index in [-0.39, 0.29) is 17.3 Å². The highest BCUT2D eigenvalue weighted by atomic mass is 19.1. The lowest BCUT2D eigenvalue weighted by Crippen LogP contribution is -2.42. The van der Waals surface area contributed by atoms with Gasteiger partial charge in [-0.25, -0.2) is 4.39 Å². The molecule has 0 radical (unpaired) electrons. The average molecular weight is 293 g/mol. The highest BCUT2D eigenvalue weighted by molar-refractivity contribution is 5.22. The fourth-order valence-corrected chi connectivity index (χ4v) is 3.20. The Morgan fingerprint density at radius 2 is 1.67 bits per heavy atom. The highest BCUT2D eigenvalue weighted by Gasteiger charge is 2.30. The van der Waals surface area contributed by atoms with E-state index in [4.69, 9.17) is 4.74 Å². The van der Waals surface area contributed by atoms with Crippen molar-refractivity contribution in [2.75, 3.05) is 7.11 Å². The predicted molar refractivity (Wildman–Crippen MR) is 84.8 cm³/mol. The molecular formula is C18H28FNO. The first-order valence-electron chi connectivity index (χ1n) is 7.94. The Bertz CT molecular complexity index is 430. The molecule has 1 N–H and O–H groups in total. The number of nitrogens with one attached hydrogen (secondary N) is 1. The largest absolute Gasteiger partial charge is 0.381 e. The molecule has 0 aliphatic heterocycles. The summed E-state index contributed by atoms with van der Waals surface area (Å²) in [5.41, 5.74) is 1.26. The first-order valence-corrected chi connectivity index (χ1v) is 7.94. The van der Waals surface area contributed by atoms with Crippen LogP contribution in [0.25, 0.3) is 0 Å². The number of benzene rings is 1. The number of ether oxygens (including phenoxy) is 1. The number of rotatable bonds is 4. The monoisotopic (exact) mass is 293 g/mol. The van der Waals surface area contributed by atoms with Gasteiger partial charge in [-0.1, -0.05) is 32.9 Å². The molecule has 2 rings (SSSR count). The quantitative estimate of drug-likeness (QED) is 0.885. The highest BCUT2D eigenvalue weighted by Crippen LogP contribution is 2.35. The lowest BCUT2D eigenvalue weighted by molar-refractivity contribution is 0.0583. The minimum absolute atomic E-state index is 0.0932. The maximum absolute atomic E-state index is 13.2. The summed E-state index contributed by atoms with van der Waals surface area (Å²) in [6.45, 7) is 6.69. The van der Waals surface area contributed by atoms with Crippen LogP contribution >= 0.6 is 0 Å². The molecule has 3 heteroatoms. The Morgan fingerprint density at radius 3 is 2.14 bits per heavy atom. The molecule has 1 saturated carbocycles. The zero-order valence-corrected chi connectivity index (χ0v) is 13.7. The van der Waals surface area contributed by atoms with Gasteiger partial charge in [0.05, 0.1) is 6.10 Å². The molecule has 0 heterocycles. The fourth-order valence-electron chi connectivity index (χ4n) is 3.20. The fraction of sp³-hybridized carbons (Fsp3) is 0.667. The molecule has 21 heavy (non-hydrogen) atoms. The van der Waals surface area contributed by atoms with Crippen molar-refractivity contribution in [3.63, 3.8) is 0 Å². The van der Waals surface area contributed by atoms with E-state index in [9.17, 15) is 4.39 Å². The summed E-state index contributed by atoms with van der Waals surface area (Å²) in [6, 6.07) is 7.67. The van der Waals surface area contributed by atoms with Crippen molar-refractivity contribution in [3.8, 4) is 0 Å². The lowest BCUT2D eigenvalue weighted by Gasteiger charge is -2.38. The molecule has 1 aromatic rings. The van der Waals surface area contributed by atoms with Gasteiger partial charge in [-0.15, -0.1) is 0 Å². The standard InChI is InChI=1S/C18H28FNO/c1-18(2,3)17(13-5-7-14(19)8-6-13)20-15-9-11-16(21-4)12-10-15/h5-8,15-17,20H,9-12H2,1-4H3. The number of hydrogen-bond acceptors (Lipinski definition) is 2. The Hall–Kier alpha value is -0.930. The van der Waals surface area contributed by atoms with Crippen molar-refractivity contribution in [2.24, 2.45) is 5.41 Å². The second kappa shape index (κ2) is 6.89. The van der Waals surface area contributed by atoms with Crippen LogP contribution in [-0.4, -0.2) is 19.3 Å². The third-order valence-electron chi connectivity index (χ3n) is 4.48. The Labute approximate surface area is 128 Å². The van der Waals surface area contributed by atoms with Crippen LogP contribution in [0, 0.1) is 11.2 Å². The molecule has 0 bridgehead atoms. The van der Waals surface area contributed by atoms with Gasteiger partial charge in [-0.2, -0.15) is 0 Å². The molecule has 1 unspecified atom stereocenters. The van der Waals surface area contributed by atoms with Crippen LogP contribution in [0.1, 0.15) is 58.1 Å². The van der Waals surface area contributed by atoms with E-state index in [2.05, 4.69) is 26.1 Å². The zero-order valence-electron chi connectivity index (χ0n) is 13.7. The van der Waals surface area contributed by atoms with E-state index in [1.807, 2.05) is 12.1 Å². The third kappa shape index (κ3) is 4.52. The van der Waals surface area contributed by atoms with Crippen molar-refractivity contribution < 1.29 is 9.13 Å². The number of methoxy groups -OCH3 is 1. The van der Waals surface area contributed by atoms with Crippen LogP contribution in [-0.2, 0) is 4.74 Å². The van der Waals surface area contributed by atoms with Crippen molar-refractivity contribution in [1.29, 1.82) is 0 Å². The summed E-state index contributed by atoms with van der Waals surface area (Å²) in [4.78, 5) is 0. The minimum atomic E-state index is -0.174. The van der Waals surface area contributed by atoms with Gasteiger partial charge in [0.2, 0.25) is 0 Å². The normalized spacial score (nSPS) is 24.8. The number of hydrogen-bond donors (Lipinski definition) is 1. The van der Waals surface area contributed by atoms with Gasteiger partial charge in [0.25, 0.3) is 0 Å². The maximum atomic E-state index is 13.2. The van der Waals surface area contributed by atoms with Gasteiger partial charge < -0.3 is 10.1 Å². The van der Waals surface area contributed by atoms with E-state index >= 15 is 0 Å². The summed E-state index contributed by atoms with van der Waals surface area (Å²) in [5.74, 6) is -0.174. The van der Waals surface area contributed by atoms with Crippen molar-refractivity contribution >= 4 is 0 Å². The minimum Gasteiger partial charge on any atom is -0.381 e. The summed E-state index contributed by atoms with van der Waals surface area (Å²) in [6.07, 6.45) is 4.95. The molecule has 1 aliphatic rings. The molecule has 2 nitrogen and oxygen atoms in total. The molecule has 1 aromatic carbocycles. The molecule has 0 amide bonds. The molecule has 1 atom stereocenters. The van der Waals surface area contributed by atoms with Gasteiger partial charge in [-0.3, -0.25) is 0 Å². The lowest BCUT2D eigenvalue weighted by atomic mass is 9.80. The second-order valence-corrected chi connectivity index (χ2v) is 7.23. The SMILES string of the molecule is COC1CCC(NC(c2ccc(F)cc2)C(C)(C)C)CC1. The summed E-state index contributed by atoms with van der Waals surface area (Å²) < 4.78 is 18.6. The second-order valence-electron chi connectivity index (χ2n) is 7.23. The van der Waals surface area contributed by atoms with Crippen LogP contribution in [0.4, 0.5) is 4.39 Å². The summed E-state index contributed by atoms with van der Waals surface area (Å²) in [5, 5.41) is 3.80. The summed E-state index contributed by atoms with van der Waals surface area (Å²) in [7, 11) is 1.80. The zero-order chi connectivity index (χ0) is 15.5. The van der Waals surface area contributed by atoms with Crippen molar-refractivity contribution in [3.05, 3.63) is 35.6 Å². The van der Waals surface area contributed by atoms with Gasteiger partial charge in [-0.05, 0) is 48.8 Å². The van der Waals surface area contributed by atoms with E-state index in [1.165, 1.54) is 0 Å². The van der Waals surface area contributed by atoms with Crippen LogP contribution in [0.15, 0.2) is 24.3 Å². The van der Waals surface area contributed by atoms with Crippen molar-refractivity contribution in [1.82, 2.24) is 5.32 Å². The maximum Gasteiger partial charge on any atom is 0.123 e. The Morgan fingerprint density at radius 1 is 1.10 bits per heavy atom. The smallest absolute Gasteiger partial charge is 0.123 e. The first-order chi connectivity index (χ1) is 9.90. The number of halogens is 1. The molecule has 0 spiro atoms. The van der Waals surface area contributed by atoms with Crippen molar-refractivity contribution in [2.45, 2.75) is 64.6 Å². The average Bonchev–Trinajstić information content (AvgIpc) is 2.45. The molecule has 0 saturated heterocycles. The van der Waals surface area contributed by atoms with E-state index in [0.717, 1.165) is 31.2 Å². The topological polar surface area (TPSA) is 21.3 Å². The van der Waals surface area contributed by atoms with Crippen LogP contribution in [0.3, 0.4) is 0 Å². The third-order valence-corrected chi connectivity index (χ3v) is 4.48.